The van der Waals surface area contributed by atoms with Gasteiger partial charge in [-0.05, 0) is 13.3 Å². The van der Waals surface area contributed by atoms with Gasteiger partial charge in [-0.25, -0.2) is 0 Å². The zero-order chi connectivity index (χ0) is 13.8. The first kappa shape index (κ1) is 17.4. The molecule has 5 heteroatoms. The van der Waals surface area contributed by atoms with Crippen LogP contribution < -0.4 is 11.1 Å². The number of hydrogen-bond acceptors (Lipinski definition) is 4. The number of carbonyl (C=O) groups excluding carboxylic acids is 1. The van der Waals surface area contributed by atoms with E-state index in [1.54, 1.807) is 7.11 Å². The fourth-order valence-electron chi connectivity index (χ4n) is 1.77. The Morgan fingerprint density at radius 1 is 1.39 bits per heavy atom. The first-order valence-electron chi connectivity index (χ1n) is 6.88. The number of methoxy groups -OCH3 is 1. The number of hydrogen-bond donors (Lipinski definition) is 2. The molecule has 0 saturated heterocycles. The molecule has 0 spiro atoms. The quantitative estimate of drug-likeness (QED) is 0.533. The third-order valence-corrected chi connectivity index (χ3v) is 3.01. The van der Waals surface area contributed by atoms with Crippen molar-refractivity contribution in [1.82, 2.24) is 10.2 Å². The average molecular weight is 259 g/mol. The molecule has 0 radical (unpaired) electrons. The average Bonchev–Trinajstić information content (AvgIpc) is 2.38. The van der Waals surface area contributed by atoms with Crippen molar-refractivity contribution in [2.24, 2.45) is 5.73 Å². The second kappa shape index (κ2) is 11.4. The molecule has 0 saturated carbocycles. The standard InChI is InChI=1S/C13H29N3O2/c1-4-5-6-8-15-13(17)12(2)16(9-7-14)10-11-18-3/h12H,4-11,14H2,1-3H3,(H,15,17). The Kier molecular flexibility index (Phi) is 11.0. The van der Waals surface area contributed by atoms with Gasteiger partial charge in [0.25, 0.3) is 0 Å². The number of unbranched alkanes of at least 4 members (excludes halogenated alkanes) is 2. The van der Waals surface area contributed by atoms with Crippen molar-refractivity contribution in [2.45, 2.75) is 39.2 Å². The summed E-state index contributed by atoms with van der Waals surface area (Å²) in [6, 6.07) is -0.148. The van der Waals surface area contributed by atoms with Crippen LogP contribution in [0.3, 0.4) is 0 Å². The first-order valence-corrected chi connectivity index (χ1v) is 6.88. The Hall–Kier alpha value is -0.650. The van der Waals surface area contributed by atoms with Gasteiger partial charge in [-0.2, -0.15) is 0 Å². The molecule has 3 N–H and O–H groups in total. The van der Waals surface area contributed by atoms with Gasteiger partial charge in [0.1, 0.15) is 0 Å². The maximum atomic E-state index is 12.0. The van der Waals surface area contributed by atoms with Gasteiger partial charge < -0.3 is 15.8 Å². The largest absolute Gasteiger partial charge is 0.383 e. The van der Waals surface area contributed by atoms with E-state index in [9.17, 15) is 4.79 Å². The Morgan fingerprint density at radius 3 is 2.67 bits per heavy atom. The first-order chi connectivity index (χ1) is 8.67. The van der Waals surface area contributed by atoms with E-state index in [4.69, 9.17) is 10.5 Å². The summed E-state index contributed by atoms with van der Waals surface area (Å²) in [5, 5.41) is 2.97. The minimum atomic E-state index is -0.148. The molecule has 0 rings (SSSR count). The molecule has 0 aliphatic carbocycles. The zero-order valence-electron chi connectivity index (χ0n) is 12.1. The van der Waals surface area contributed by atoms with Crippen LogP contribution in [-0.4, -0.2) is 56.7 Å². The molecule has 108 valence electrons. The van der Waals surface area contributed by atoms with Crippen molar-refractivity contribution >= 4 is 5.91 Å². The van der Waals surface area contributed by atoms with Crippen molar-refractivity contribution in [1.29, 1.82) is 0 Å². The molecule has 0 aromatic heterocycles. The molecule has 1 amide bonds. The second-order valence-corrected chi connectivity index (χ2v) is 4.49. The summed E-state index contributed by atoms with van der Waals surface area (Å²) < 4.78 is 5.05. The van der Waals surface area contributed by atoms with Crippen LogP contribution in [0.4, 0.5) is 0 Å². The van der Waals surface area contributed by atoms with E-state index in [0.29, 0.717) is 19.7 Å². The number of ether oxygens (including phenoxy) is 1. The lowest BCUT2D eigenvalue weighted by Crippen LogP contribution is -2.48. The summed E-state index contributed by atoms with van der Waals surface area (Å²) in [6.07, 6.45) is 3.37. The molecule has 0 aromatic rings. The molecule has 0 aliphatic rings. The fourth-order valence-corrected chi connectivity index (χ4v) is 1.77. The highest BCUT2D eigenvalue weighted by molar-refractivity contribution is 5.81. The van der Waals surface area contributed by atoms with Gasteiger partial charge in [0.2, 0.25) is 5.91 Å². The van der Waals surface area contributed by atoms with E-state index in [1.807, 2.05) is 6.92 Å². The molecule has 0 aliphatic heterocycles. The van der Waals surface area contributed by atoms with Crippen LogP contribution in [0.2, 0.25) is 0 Å². The lowest BCUT2D eigenvalue weighted by atomic mass is 10.2. The van der Waals surface area contributed by atoms with E-state index in [2.05, 4.69) is 17.1 Å². The highest BCUT2D eigenvalue weighted by atomic mass is 16.5. The molecule has 18 heavy (non-hydrogen) atoms. The summed E-state index contributed by atoms with van der Waals surface area (Å²) in [7, 11) is 1.66. The number of carbonyl (C=O) groups is 1. The van der Waals surface area contributed by atoms with E-state index in [0.717, 1.165) is 25.9 Å². The normalized spacial score (nSPS) is 12.7. The lowest BCUT2D eigenvalue weighted by molar-refractivity contribution is -0.126. The fraction of sp³-hybridized carbons (Fsp3) is 0.923. The summed E-state index contributed by atoms with van der Waals surface area (Å²) in [5.74, 6) is 0.0793. The molecule has 5 nitrogen and oxygen atoms in total. The molecule has 0 fully saturated rings. The Labute approximate surface area is 111 Å². The van der Waals surface area contributed by atoms with Crippen LogP contribution in [0.5, 0.6) is 0 Å². The molecule has 0 heterocycles. The van der Waals surface area contributed by atoms with Gasteiger partial charge in [-0.15, -0.1) is 0 Å². The molecule has 1 atom stereocenters. The van der Waals surface area contributed by atoms with Gasteiger partial charge >= 0.3 is 0 Å². The number of nitrogens with one attached hydrogen (secondary N) is 1. The van der Waals surface area contributed by atoms with Crippen molar-refractivity contribution in [3.63, 3.8) is 0 Å². The van der Waals surface area contributed by atoms with Crippen molar-refractivity contribution in [3.05, 3.63) is 0 Å². The van der Waals surface area contributed by atoms with Crippen molar-refractivity contribution in [3.8, 4) is 0 Å². The monoisotopic (exact) mass is 259 g/mol. The van der Waals surface area contributed by atoms with E-state index >= 15 is 0 Å². The highest BCUT2D eigenvalue weighted by Gasteiger charge is 2.19. The van der Waals surface area contributed by atoms with Gasteiger partial charge in [0.15, 0.2) is 0 Å². The van der Waals surface area contributed by atoms with E-state index in [1.165, 1.54) is 6.42 Å². The molecular weight excluding hydrogens is 230 g/mol. The minimum absolute atomic E-state index is 0.0793. The second-order valence-electron chi connectivity index (χ2n) is 4.49. The van der Waals surface area contributed by atoms with Crippen molar-refractivity contribution < 1.29 is 9.53 Å². The van der Waals surface area contributed by atoms with Crippen LogP contribution in [0.25, 0.3) is 0 Å². The topological polar surface area (TPSA) is 67.6 Å². The van der Waals surface area contributed by atoms with Crippen LogP contribution in [-0.2, 0) is 9.53 Å². The van der Waals surface area contributed by atoms with Crippen LogP contribution in [0.1, 0.15) is 33.1 Å². The molecule has 0 bridgehead atoms. The van der Waals surface area contributed by atoms with E-state index < -0.39 is 0 Å². The third kappa shape index (κ3) is 7.63. The third-order valence-electron chi connectivity index (χ3n) is 3.01. The summed E-state index contributed by atoms with van der Waals surface area (Å²) in [4.78, 5) is 14.0. The lowest BCUT2D eigenvalue weighted by Gasteiger charge is -2.27. The molecule has 0 aromatic carbocycles. The predicted octanol–water partition coefficient (Wildman–Crippen LogP) is 0.588. The summed E-state index contributed by atoms with van der Waals surface area (Å²) >= 11 is 0. The zero-order valence-corrected chi connectivity index (χ0v) is 12.1. The van der Waals surface area contributed by atoms with Crippen LogP contribution in [0.15, 0.2) is 0 Å². The SMILES string of the molecule is CCCCCNC(=O)C(C)N(CCN)CCOC. The number of nitrogens with two attached hydrogens (primary N) is 1. The molecular formula is C13H29N3O2. The van der Waals surface area contributed by atoms with E-state index in [-0.39, 0.29) is 11.9 Å². The maximum absolute atomic E-state index is 12.0. The minimum Gasteiger partial charge on any atom is -0.383 e. The van der Waals surface area contributed by atoms with Crippen molar-refractivity contribution in [2.75, 3.05) is 39.9 Å². The summed E-state index contributed by atoms with van der Waals surface area (Å²) in [6.45, 7) is 7.45. The number of amides is 1. The van der Waals surface area contributed by atoms with Crippen LogP contribution in [0, 0.1) is 0 Å². The van der Waals surface area contributed by atoms with Gasteiger partial charge in [-0.3, -0.25) is 9.69 Å². The van der Waals surface area contributed by atoms with Crippen LogP contribution >= 0.6 is 0 Å². The predicted molar refractivity (Wildman–Crippen MR) is 74.5 cm³/mol. The maximum Gasteiger partial charge on any atom is 0.237 e. The number of rotatable bonds is 11. The molecule has 1 unspecified atom stereocenters. The smallest absolute Gasteiger partial charge is 0.237 e. The van der Waals surface area contributed by atoms with Gasteiger partial charge in [0, 0.05) is 33.3 Å². The number of nitrogens with zero attached hydrogens (tertiary/aromatic N) is 1. The Balaban J connectivity index is 4.02. The Bertz CT molecular complexity index is 212. The van der Waals surface area contributed by atoms with Gasteiger partial charge in [0.05, 0.1) is 12.6 Å². The Morgan fingerprint density at radius 2 is 2.11 bits per heavy atom. The van der Waals surface area contributed by atoms with Gasteiger partial charge in [-0.1, -0.05) is 19.8 Å². The highest BCUT2D eigenvalue weighted by Crippen LogP contribution is 1.99. The summed E-state index contributed by atoms with van der Waals surface area (Å²) in [5.41, 5.74) is 5.56.